The Balaban J connectivity index is 1.60. The van der Waals surface area contributed by atoms with Crippen molar-refractivity contribution < 1.29 is 22.3 Å². The minimum atomic E-state index is -2.83. The summed E-state index contributed by atoms with van der Waals surface area (Å²) in [6, 6.07) is 9.49. The normalized spacial score (nSPS) is 19.0. The lowest BCUT2D eigenvalue weighted by Crippen LogP contribution is -2.12. The third kappa shape index (κ3) is 5.76. The fourth-order valence-corrected chi connectivity index (χ4v) is 3.84. The Hall–Kier alpha value is -2.48. The van der Waals surface area contributed by atoms with Crippen LogP contribution in [0.15, 0.2) is 36.4 Å². The van der Waals surface area contributed by atoms with E-state index in [1.165, 1.54) is 12.1 Å². The van der Waals surface area contributed by atoms with E-state index in [0.29, 0.717) is 17.9 Å². The summed E-state index contributed by atoms with van der Waals surface area (Å²) in [6.45, 7) is -0.863. The number of alkyl halides is 2. The largest absolute Gasteiger partial charge is 0.435 e. The highest BCUT2D eigenvalue weighted by Gasteiger charge is 2.21. The Morgan fingerprint density at radius 2 is 1.62 bits per heavy atom. The Morgan fingerprint density at radius 3 is 2.17 bits per heavy atom. The zero-order valence-electron chi connectivity index (χ0n) is 16.4. The fourth-order valence-electron chi connectivity index (χ4n) is 3.84. The van der Waals surface area contributed by atoms with Crippen molar-refractivity contribution in [3.8, 4) is 17.6 Å². The maximum atomic E-state index is 14.2. The first kappa shape index (κ1) is 21.2. The topological polar surface area (TPSA) is 9.23 Å². The van der Waals surface area contributed by atoms with Gasteiger partial charge in [-0.05, 0) is 73.4 Å². The van der Waals surface area contributed by atoms with Gasteiger partial charge >= 0.3 is 6.61 Å². The predicted octanol–water partition coefficient (Wildman–Crippen LogP) is 6.84. The lowest BCUT2D eigenvalue weighted by Gasteiger charge is -2.26. The van der Waals surface area contributed by atoms with Gasteiger partial charge in [-0.2, -0.15) is 8.78 Å². The van der Waals surface area contributed by atoms with Crippen LogP contribution < -0.4 is 4.74 Å². The summed E-state index contributed by atoms with van der Waals surface area (Å²) in [6.07, 6.45) is 4.94. The molecule has 0 unspecified atom stereocenters. The molecule has 2 aromatic rings. The fraction of sp³-hybridized carbons (Fsp3) is 0.417. The van der Waals surface area contributed by atoms with Gasteiger partial charge in [0.1, 0.15) is 17.4 Å². The van der Waals surface area contributed by atoms with E-state index in [9.17, 15) is 17.6 Å². The molecule has 0 amide bonds. The monoisotopic (exact) mass is 404 g/mol. The molecule has 0 radical (unpaired) electrons. The van der Waals surface area contributed by atoms with Crippen LogP contribution in [0, 0.1) is 29.4 Å². The molecular weight excluding hydrogens is 380 g/mol. The summed E-state index contributed by atoms with van der Waals surface area (Å²) in [4.78, 5) is 0. The highest BCUT2D eigenvalue weighted by atomic mass is 19.3. The van der Waals surface area contributed by atoms with Crippen molar-refractivity contribution in [1.29, 1.82) is 0 Å². The minimum absolute atomic E-state index is 0.0989. The van der Waals surface area contributed by atoms with Crippen molar-refractivity contribution in [2.45, 2.75) is 58.0 Å². The number of hydrogen-bond acceptors (Lipinski definition) is 1. The molecule has 0 N–H and O–H groups in total. The summed E-state index contributed by atoms with van der Waals surface area (Å²) in [5, 5.41) is 0. The molecule has 0 atom stereocenters. The van der Waals surface area contributed by atoms with Crippen LogP contribution in [0.1, 0.15) is 61.6 Å². The van der Waals surface area contributed by atoms with Gasteiger partial charge < -0.3 is 4.74 Å². The van der Waals surface area contributed by atoms with Crippen molar-refractivity contribution in [3.05, 3.63) is 64.7 Å². The standard InChI is InChI=1S/C24H24F4O/c1-2-3-17-14-22(25)21(23(26)15-17)13-6-16-4-7-18(8-5-16)19-9-11-20(12-10-19)29-24(27)28/h9-12,14-16,18,24H,2-5,7-8H2,1H3/t16-,18-. The Morgan fingerprint density at radius 1 is 1.00 bits per heavy atom. The van der Waals surface area contributed by atoms with Crippen LogP contribution in [0.4, 0.5) is 17.6 Å². The van der Waals surface area contributed by atoms with Gasteiger partial charge in [-0.15, -0.1) is 0 Å². The molecule has 0 spiro atoms. The van der Waals surface area contributed by atoms with Gasteiger partial charge in [-0.3, -0.25) is 0 Å². The minimum Gasteiger partial charge on any atom is -0.435 e. The molecule has 3 rings (SSSR count). The zero-order valence-corrected chi connectivity index (χ0v) is 16.4. The Labute approximate surface area is 169 Å². The summed E-state index contributed by atoms with van der Waals surface area (Å²) < 4.78 is 57.2. The molecular formula is C24H24F4O. The van der Waals surface area contributed by atoms with Crippen LogP contribution in [0.25, 0.3) is 0 Å². The number of benzene rings is 2. The van der Waals surface area contributed by atoms with Gasteiger partial charge in [-0.1, -0.05) is 37.3 Å². The molecule has 5 heteroatoms. The average Bonchev–Trinajstić information content (AvgIpc) is 2.68. The Bertz CT molecular complexity index is 849. The highest BCUT2D eigenvalue weighted by molar-refractivity contribution is 5.39. The molecule has 154 valence electrons. The van der Waals surface area contributed by atoms with Crippen molar-refractivity contribution in [2.24, 2.45) is 5.92 Å². The summed E-state index contributed by atoms with van der Waals surface area (Å²) in [7, 11) is 0. The highest BCUT2D eigenvalue weighted by Crippen LogP contribution is 2.36. The van der Waals surface area contributed by atoms with Crippen molar-refractivity contribution in [3.63, 3.8) is 0 Å². The summed E-state index contributed by atoms with van der Waals surface area (Å²) >= 11 is 0. The quantitative estimate of drug-likeness (QED) is 0.391. The van der Waals surface area contributed by atoms with E-state index in [4.69, 9.17) is 0 Å². The third-order valence-electron chi connectivity index (χ3n) is 5.35. The van der Waals surface area contributed by atoms with Crippen molar-refractivity contribution >= 4 is 0 Å². The summed E-state index contributed by atoms with van der Waals surface area (Å²) in [5.41, 5.74) is 1.58. The number of halogens is 4. The first-order valence-corrected chi connectivity index (χ1v) is 10.0. The van der Waals surface area contributed by atoms with E-state index in [-0.39, 0.29) is 17.2 Å². The lowest BCUT2D eigenvalue weighted by molar-refractivity contribution is -0.0498. The van der Waals surface area contributed by atoms with E-state index in [2.05, 4.69) is 16.6 Å². The van der Waals surface area contributed by atoms with E-state index < -0.39 is 18.2 Å². The van der Waals surface area contributed by atoms with Gasteiger partial charge in [0.2, 0.25) is 0 Å². The second-order valence-electron chi connectivity index (χ2n) is 7.45. The molecule has 0 saturated heterocycles. The molecule has 1 aliphatic rings. The number of rotatable bonds is 5. The van der Waals surface area contributed by atoms with Crippen LogP contribution in [-0.4, -0.2) is 6.61 Å². The van der Waals surface area contributed by atoms with Crippen LogP contribution in [0.3, 0.4) is 0 Å². The van der Waals surface area contributed by atoms with Gasteiger partial charge in [0.15, 0.2) is 0 Å². The summed E-state index contributed by atoms with van der Waals surface area (Å²) in [5.74, 6) is 5.14. The number of aryl methyl sites for hydroxylation is 1. The first-order valence-electron chi connectivity index (χ1n) is 10.0. The molecule has 1 nitrogen and oxygen atoms in total. The van der Waals surface area contributed by atoms with Crippen molar-refractivity contribution in [2.75, 3.05) is 0 Å². The predicted molar refractivity (Wildman–Crippen MR) is 105 cm³/mol. The lowest BCUT2D eigenvalue weighted by atomic mass is 9.79. The zero-order chi connectivity index (χ0) is 20.8. The maximum Gasteiger partial charge on any atom is 0.387 e. The molecule has 0 aromatic heterocycles. The maximum absolute atomic E-state index is 14.2. The molecule has 1 saturated carbocycles. The number of ether oxygens (including phenoxy) is 1. The third-order valence-corrected chi connectivity index (χ3v) is 5.35. The van der Waals surface area contributed by atoms with E-state index in [1.54, 1.807) is 12.1 Å². The first-order chi connectivity index (χ1) is 14.0. The molecule has 0 bridgehead atoms. The molecule has 0 heterocycles. The molecule has 29 heavy (non-hydrogen) atoms. The van der Waals surface area contributed by atoms with Crippen LogP contribution in [0.2, 0.25) is 0 Å². The van der Waals surface area contributed by atoms with E-state index >= 15 is 0 Å². The van der Waals surface area contributed by atoms with Gasteiger partial charge in [-0.25, -0.2) is 8.78 Å². The smallest absolute Gasteiger partial charge is 0.387 e. The van der Waals surface area contributed by atoms with Gasteiger partial charge in [0.05, 0.1) is 5.56 Å². The molecule has 1 aliphatic carbocycles. The Kier molecular flexibility index (Phi) is 7.19. The second kappa shape index (κ2) is 9.82. The molecule has 0 aliphatic heterocycles. The second-order valence-corrected chi connectivity index (χ2v) is 7.45. The van der Waals surface area contributed by atoms with Crippen LogP contribution in [0.5, 0.6) is 5.75 Å². The SMILES string of the molecule is CCCc1cc(F)c(C#C[C@H]2CC[C@H](c3ccc(OC(F)F)cc3)CC2)c(F)c1. The van der Waals surface area contributed by atoms with Gasteiger partial charge in [0, 0.05) is 5.92 Å². The van der Waals surface area contributed by atoms with Gasteiger partial charge in [0.25, 0.3) is 0 Å². The van der Waals surface area contributed by atoms with E-state index in [0.717, 1.165) is 37.7 Å². The van der Waals surface area contributed by atoms with Crippen molar-refractivity contribution in [1.82, 2.24) is 0 Å². The average molecular weight is 404 g/mol. The van der Waals surface area contributed by atoms with E-state index in [1.807, 2.05) is 19.1 Å². The molecule has 2 aromatic carbocycles. The van der Waals surface area contributed by atoms with Crippen LogP contribution >= 0.6 is 0 Å². The number of hydrogen-bond donors (Lipinski definition) is 0. The molecule has 1 fully saturated rings. The van der Waals surface area contributed by atoms with Crippen LogP contribution in [-0.2, 0) is 6.42 Å².